The quantitative estimate of drug-likeness (QED) is 0.560. The fraction of sp³-hybridized carbons (Fsp3) is 0.650. The highest BCUT2D eigenvalue weighted by Gasteiger charge is 2.52. The molecule has 2 aliphatic rings. The van der Waals surface area contributed by atoms with Crippen LogP contribution in [0.3, 0.4) is 0 Å². The van der Waals surface area contributed by atoms with E-state index in [0.29, 0.717) is 17.4 Å². The second kappa shape index (κ2) is 5.85. The highest BCUT2D eigenvalue weighted by atomic mass is 16.6. The smallest absolute Gasteiger partial charge is 0.334 e. The largest absolute Gasteiger partial charge is 0.465 e. The first-order valence-corrected chi connectivity index (χ1v) is 8.79. The van der Waals surface area contributed by atoms with Gasteiger partial charge in [-0.15, -0.1) is 0 Å². The zero-order valence-corrected chi connectivity index (χ0v) is 14.9. The van der Waals surface area contributed by atoms with Crippen LogP contribution in [-0.2, 0) is 16.0 Å². The average molecular weight is 316 g/mol. The first-order valence-electron chi connectivity index (χ1n) is 8.79. The van der Waals surface area contributed by atoms with Crippen molar-refractivity contribution in [3.63, 3.8) is 0 Å². The number of hydrogen-bond acceptors (Lipinski definition) is 3. The molecule has 1 aromatic heterocycles. The Kier molecular flexibility index (Phi) is 4.16. The van der Waals surface area contributed by atoms with Gasteiger partial charge in [0.1, 0.15) is 5.76 Å². The molecule has 126 valence electrons. The van der Waals surface area contributed by atoms with E-state index in [0.717, 1.165) is 18.6 Å². The molecule has 1 heterocycles. The first-order chi connectivity index (χ1) is 10.9. The third-order valence-corrected chi connectivity index (χ3v) is 6.43. The van der Waals surface area contributed by atoms with Crippen LogP contribution in [0.2, 0.25) is 0 Å². The SMILES string of the molecule is C/C=C(\C)C(=O)O[C@@H]1c2occ(C)c2C[C@]2(C)[C@@H](C)CCC[C@@H]12. The summed E-state index contributed by atoms with van der Waals surface area (Å²) >= 11 is 0. The van der Waals surface area contributed by atoms with Crippen molar-refractivity contribution in [1.82, 2.24) is 0 Å². The number of furan rings is 1. The van der Waals surface area contributed by atoms with Crippen molar-refractivity contribution in [2.24, 2.45) is 17.3 Å². The summed E-state index contributed by atoms with van der Waals surface area (Å²) in [4.78, 5) is 12.4. The van der Waals surface area contributed by atoms with Gasteiger partial charge in [0.05, 0.1) is 6.26 Å². The lowest BCUT2D eigenvalue weighted by Crippen LogP contribution is -2.46. The number of rotatable bonds is 2. The Morgan fingerprint density at radius 3 is 2.87 bits per heavy atom. The number of ether oxygens (including phenoxy) is 1. The number of allylic oxidation sites excluding steroid dienone is 1. The summed E-state index contributed by atoms with van der Waals surface area (Å²) in [6.45, 7) is 10.5. The molecule has 23 heavy (non-hydrogen) atoms. The van der Waals surface area contributed by atoms with Crippen LogP contribution >= 0.6 is 0 Å². The Morgan fingerprint density at radius 1 is 1.43 bits per heavy atom. The van der Waals surface area contributed by atoms with E-state index < -0.39 is 0 Å². The van der Waals surface area contributed by atoms with Gasteiger partial charge in [0.2, 0.25) is 0 Å². The Morgan fingerprint density at radius 2 is 2.17 bits per heavy atom. The second-order valence-electron chi connectivity index (χ2n) is 7.68. The molecule has 1 aromatic rings. The molecule has 3 nitrogen and oxygen atoms in total. The minimum atomic E-state index is -0.248. The van der Waals surface area contributed by atoms with Crippen LogP contribution in [0.1, 0.15) is 69.9 Å². The molecule has 1 fully saturated rings. The zero-order valence-electron chi connectivity index (χ0n) is 14.9. The fourth-order valence-electron chi connectivity index (χ4n) is 4.45. The van der Waals surface area contributed by atoms with Gasteiger partial charge < -0.3 is 9.15 Å². The van der Waals surface area contributed by atoms with Crippen LogP contribution in [0.5, 0.6) is 0 Å². The molecule has 0 aromatic carbocycles. The van der Waals surface area contributed by atoms with E-state index in [1.165, 1.54) is 24.0 Å². The topological polar surface area (TPSA) is 39.4 Å². The minimum Gasteiger partial charge on any atom is -0.465 e. The number of carbonyl (C=O) groups excluding carboxylic acids is 1. The highest BCUT2D eigenvalue weighted by Crippen LogP contribution is 2.57. The van der Waals surface area contributed by atoms with Gasteiger partial charge in [-0.3, -0.25) is 0 Å². The number of fused-ring (bicyclic) bond motifs is 2. The fourth-order valence-corrected chi connectivity index (χ4v) is 4.45. The summed E-state index contributed by atoms with van der Waals surface area (Å²) in [5.41, 5.74) is 3.27. The van der Waals surface area contributed by atoms with Crippen LogP contribution in [0, 0.1) is 24.2 Å². The standard InChI is InChI=1S/C20H28O3/c1-6-12(2)19(21)23-18-16-9-7-8-14(4)20(16,5)10-15-13(3)11-22-17(15)18/h6,11,14,16,18H,7-10H2,1-5H3/b12-6+/t14-,16-,18-,20+/m0/s1. The van der Waals surface area contributed by atoms with Crippen molar-refractivity contribution in [1.29, 1.82) is 0 Å². The van der Waals surface area contributed by atoms with Crippen molar-refractivity contribution in [3.05, 3.63) is 34.8 Å². The molecule has 0 aliphatic heterocycles. The maximum Gasteiger partial charge on any atom is 0.334 e. The second-order valence-corrected chi connectivity index (χ2v) is 7.68. The zero-order chi connectivity index (χ0) is 16.8. The van der Waals surface area contributed by atoms with Gasteiger partial charge in [0.25, 0.3) is 0 Å². The number of aryl methyl sites for hydroxylation is 1. The maximum absolute atomic E-state index is 12.4. The lowest BCUT2D eigenvalue weighted by Gasteiger charge is -2.51. The van der Waals surface area contributed by atoms with E-state index in [4.69, 9.17) is 9.15 Å². The van der Waals surface area contributed by atoms with Gasteiger partial charge >= 0.3 is 5.97 Å². The molecule has 0 amide bonds. The molecule has 0 bridgehead atoms. The summed E-state index contributed by atoms with van der Waals surface area (Å²) in [6.07, 6.45) is 7.98. The lowest BCUT2D eigenvalue weighted by atomic mass is 9.55. The van der Waals surface area contributed by atoms with Gasteiger partial charge in [-0.25, -0.2) is 4.79 Å². The molecule has 3 heteroatoms. The maximum atomic E-state index is 12.4. The minimum absolute atomic E-state index is 0.175. The van der Waals surface area contributed by atoms with Gasteiger partial charge in [-0.05, 0) is 50.5 Å². The lowest BCUT2D eigenvalue weighted by molar-refractivity contribution is -0.157. The molecule has 0 unspecified atom stereocenters. The van der Waals surface area contributed by atoms with E-state index in [9.17, 15) is 4.79 Å². The van der Waals surface area contributed by atoms with Crippen LogP contribution in [0.25, 0.3) is 0 Å². The first kappa shape index (κ1) is 16.4. The average Bonchev–Trinajstić information content (AvgIpc) is 2.88. The molecule has 0 radical (unpaired) electrons. The van der Waals surface area contributed by atoms with Gasteiger partial charge in [-0.1, -0.05) is 32.8 Å². The molecule has 3 rings (SSSR count). The summed E-state index contributed by atoms with van der Waals surface area (Å²) in [5, 5.41) is 0. The molecule has 1 saturated carbocycles. The van der Waals surface area contributed by atoms with Crippen LogP contribution in [0.4, 0.5) is 0 Å². The van der Waals surface area contributed by atoms with Crippen LogP contribution < -0.4 is 0 Å². The Balaban J connectivity index is 2.02. The molecule has 0 N–H and O–H groups in total. The van der Waals surface area contributed by atoms with Crippen LogP contribution in [0.15, 0.2) is 22.3 Å². The number of hydrogen-bond donors (Lipinski definition) is 0. The summed E-state index contributed by atoms with van der Waals surface area (Å²) in [6, 6.07) is 0. The van der Waals surface area contributed by atoms with E-state index in [-0.39, 0.29) is 17.5 Å². The van der Waals surface area contributed by atoms with Gasteiger partial charge in [0, 0.05) is 17.1 Å². The number of carbonyl (C=O) groups is 1. The molecular formula is C20H28O3. The van der Waals surface area contributed by atoms with E-state index in [2.05, 4.69) is 20.8 Å². The monoisotopic (exact) mass is 316 g/mol. The summed E-state index contributed by atoms with van der Waals surface area (Å²) in [5.74, 6) is 1.64. The third kappa shape index (κ3) is 2.54. The molecule has 0 spiro atoms. The van der Waals surface area contributed by atoms with Crippen LogP contribution in [-0.4, -0.2) is 5.97 Å². The predicted octanol–water partition coefficient (Wildman–Crippen LogP) is 5.14. The molecular weight excluding hydrogens is 288 g/mol. The normalized spacial score (nSPS) is 33.8. The van der Waals surface area contributed by atoms with Gasteiger partial charge in [0.15, 0.2) is 6.10 Å². The van der Waals surface area contributed by atoms with E-state index >= 15 is 0 Å². The van der Waals surface area contributed by atoms with E-state index in [1.807, 2.05) is 26.2 Å². The van der Waals surface area contributed by atoms with Crippen molar-refractivity contribution < 1.29 is 13.9 Å². The van der Waals surface area contributed by atoms with Crippen molar-refractivity contribution >= 4 is 5.97 Å². The van der Waals surface area contributed by atoms with Gasteiger partial charge in [-0.2, -0.15) is 0 Å². The van der Waals surface area contributed by atoms with Crippen molar-refractivity contribution in [2.75, 3.05) is 0 Å². The highest BCUT2D eigenvalue weighted by molar-refractivity contribution is 5.87. The van der Waals surface area contributed by atoms with Crippen molar-refractivity contribution in [2.45, 2.75) is 66.4 Å². The number of esters is 1. The predicted molar refractivity (Wildman–Crippen MR) is 90.0 cm³/mol. The van der Waals surface area contributed by atoms with Crippen molar-refractivity contribution in [3.8, 4) is 0 Å². The Bertz CT molecular complexity index is 639. The Hall–Kier alpha value is -1.51. The Labute approximate surface area is 139 Å². The summed E-state index contributed by atoms with van der Waals surface area (Å²) < 4.78 is 11.8. The molecule has 2 aliphatic carbocycles. The molecule has 0 saturated heterocycles. The third-order valence-electron chi connectivity index (χ3n) is 6.43. The summed E-state index contributed by atoms with van der Waals surface area (Å²) in [7, 11) is 0. The molecule has 4 atom stereocenters. The van der Waals surface area contributed by atoms with E-state index in [1.54, 1.807) is 0 Å².